The molecule has 6 heteroatoms. The van der Waals surface area contributed by atoms with E-state index in [0.29, 0.717) is 5.69 Å². The van der Waals surface area contributed by atoms with Crippen LogP contribution in [0.4, 0.5) is 0 Å². The maximum absolute atomic E-state index is 11.8. The van der Waals surface area contributed by atoms with Crippen molar-refractivity contribution in [1.82, 2.24) is 15.5 Å². The Hall–Kier alpha value is -1.40. The van der Waals surface area contributed by atoms with Crippen molar-refractivity contribution in [2.75, 3.05) is 13.2 Å². The molecule has 1 amide bonds. The van der Waals surface area contributed by atoms with Crippen molar-refractivity contribution in [1.29, 1.82) is 0 Å². The molecule has 1 aliphatic carbocycles. The zero-order valence-corrected chi connectivity index (χ0v) is 12.6. The van der Waals surface area contributed by atoms with Gasteiger partial charge < -0.3 is 15.2 Å². The summed E-state index contributed by atoms with van der Waals surface area (Å²) >= 11 is 0. The van der Waals surface area contributed by atoms with Crippen molar-refractivity contribution in [3.63, 3.8) is 0 Å². The average molecular weight is 295 g/mol. The Bertz CT molecular complexity index is 441. The number of rotatable bonds is 7. The zero-order chi connectivity index (χ0) is 15.1. The Kier molecular flexibility index (Phi) is 6.20. The molecule has 1 aromatic heterocycles. The van der Waals surface area contributed by atoms with Gasteiger partial charge in [-0.25, -0.2) is 0 Å². The SMILES string of the molecule is CCc1cc(C(=O)NC[C@@H](O)COC2CCCCC2)n[nH]1. The topological polar surface area (TPSA) is 87.2 Å². The molecule has 0 unspecified atom stereocenters. The minimum atomic E-state index is -0.680. The minimum Gasteiger partial charge on any atom is -0.389 e. The fourth-order valence-corrected chi connectivity index (χ4v) is 2.50. The molecule has 118 valence electrons. The monoisotopic (exact) mass is 295 g/mol. The van der Waals surface area contributed by atoms with Crippen molar-refractivity contribution in [3.05, 3.63) is 17.5 Å². The number of carbonyl (C=O) groups is 1. The van der Waals surface area contributed by atoms with Gasteiger partial charge in [0.1, 0.15) is 5.69 Å². The minimum absolute atomic E-state index is 0.180. The van der Waals surface area contributed by atoms with E-state index in [4.69, 9.17) is 4.74 Å². The molecule has 1 aromatic rings. The van der Waals surface area contributed by atoms with Gasteiger partial charge in [-0.2, -0.15) is 5.10 Å². The third-order valence-corrected chi connectivity index (χ3v) is 3.82. The fraction of sp³-hybridized carbons (Fsp3) is 0.733. The van der Waals surface area contributed by atoms with E-state index in [1.54, 1.807) is 6.07 Å². The number of nitrogens with one attached hydrogen (secondary N) is 2. The summed E-state index contributed by atoms with van der Waals surface area (Å²) in [7, 11) is 0. The first kappa shape index (κ1) is 16.0. The number of carbonyl (C=O) groups excluding carboxylic acids is 1. The van der Waals surface area contributed by atoms with Crippen molar-refractivity contribution in [3.8, 4) is 0 Å². The molecule has 1 heterocycles. The third-order valence-electron chi connectivity index (χ3n) is 3.82. The Labute approximate surface area is 125 Å². The number of aromatic nitrogens is 2. The standard InChI is InChI=1S/C15H25N3O3/c1-2-11-8-14(18-17-11)15(20)16-9-12(19)10-21-13-6-4-3-5-7-13/h8,12-13,19H,2-7,9-10H2,1H3,(H,16,20)(H,17,18)/t12-/m1/s1. The summed E-state index contributed by atoms with van der Waals surface area (Å²) in [5.74, 6) is -0.275. The lowest BCUT2D eigenvalue weighted by atomic mass is 9.98. The predicted molar refractivity (Wildman–Crippen MR) is 79.1 cm³/mol. The Morgan fingerprint density at radius 3 is 2.95 bits per heavy atom. The van der Waals surface area contributed by atoms with Crippen LogP contribution in [0.1, 0.15) is 55.2 Å². The molecule has 0 radical (unpaired) electrons. The van der Waals surface area contributed by atoms with Crippen LogP contribution in [0.25, 0.3) is 0 Å². The number of aliphatic hydroxyl groups excluding tert-OH is 1. The van der Waals surface area contributed by atoms with Crippen LogP contribution >= 0.6 is 0 Å². The molecule has 0 saturated heterocycles. The van der Waals surface area contributed by atoms with Crippen LogP contribution in [-0.2, 0) is 11.2 Å². The number of hydrogen-bond acceptors (Lipinski definition) is 4. The van der Waals surface area contributed by atoms with Gasteiger partial charge in [0, 0.05) is 12.2 Å². The van der Waals surface area contributed by atoms with E-state index >= 15 is 0 Å². The first-order valence-electron chi connectivity index (χ1n) is 7.81. The normalized spacial score (nSPS) is 17.6. The number of aromatic amines is 1. The van der Waals surface area contributed by atoms with E-state index in [9.17, 15) is 9.90 Å². The molecule has 1 atom stereocenters. The molecule has 1 saturated carbocycles. The van der Waals surface area contributed by atoms with Gasteiger partial charge in [0.05, 0.1) is 18.8 Å². The summed E-state index contributed by atoms with van der Waals surface area (Å²) in [4.78, 5) is 11.8. The van der Waals surface area contributed by atoms with E-state index in [-0.39, 0.29) is 25.2 Å². The van der Waals surface area contributed by atoms with E-state index < -0.39 is 6.10 Å². The predicted octanol–water partition coefficient (Wildman–Crippen LogP) is 1.41. The summed E-state index contributed by atoms with van der Waals surface area (Å²) in [5, 5.41) is 19.3. The van der Waals surface area contributed by atoms with E-state index in [1.165, 1.54) is 19.3 Å². The summed E-state index contributed by atoms with van der Waals surface area (Å²) in [6.07, 6.45) is 6.23. The molecule has 0 aromatic carbocycles. The second kappa shape index (κ2) is 8.14. The van der Waals surface area contributed by atoms with Crippen molar-refractivity contribution >= 4 is 5.91 Å². The van der Waals surface area contributed by atoms with Gasteiger partial charge in [-0.3, -0.25) is 9.89 Å². The molecule has 0 aliphatic heterocycles. The highest BCUT2D eigenvalue weighted by Gasteiger charge is 2.16. The lowest BCUT2D eigenvalue weighted by Crippen LogP contribution is -2.36. The lowest BCUT2D eigenvalue weighted by Gasteiger charge is -2.23. The van der Waals surface area contributed by atoms with Crippen LogP contribution in [0.15, 0.2) is 6.07 Å². The lowest BCUT2D eigenvalue weighted by molar-refractivity contribution is -0.0225. The number of hydrogen-bond donors (Lipinski definition) is 3. The molecule has 1 aliphatic rings. The summed E-state index contributed by atoms with van der Waals surface area (Å²) < 4.78 is 5.68. The quantitative estimate of drug-likeness (QED) is 0.710. The number of amides is 1. The molecular weight excluding hydrogens is 270 g/mol. The van der Waals surface area contributed by atoms with Crippen LogP contribution in [0, 0.1) is 0 Å². The van der Waals surface area contributed by atoms with Crippen molar-refractivity contribution < 1.29 is 14.6 Å². The molecule has 1 fully saturated rings. The molecule has 3 N–H and O–H groups in total. The van der Waals surface area contributed by atoms with Gasteiger partial charge >= 0.3 is 0 Å². The first-order valence-corrected chi connectivity index (χ1v) is 7.81. The molecule has 2 rings (SSSR count). The Morgan fingerprint density at radius 2 is 2.29 bits per heavy atom. The van der Waals surface area contributed by atoms with Crippen LogP contribution < -0.4 is 5.32 Å². The Balaban J connectivity index is 1.65. The largest absolute Gasteiger partial charge is 0.389 e. The molecule has 6 nitrogen and oxygen atoms in total. The fourth-order valence-electron chi connectivity index (χ4n) is 2.50. The summed E-state index contributed by atoms with van der Waals surface area (Å²) in [5.41, 5.74) is 1.27. The summed E-state index contributed by atoms with van der Waals surface area (Å²) in [6, 6.07) is 1.72. The van der Waals surface area contributed by atoms with Gasteiger partial charge in [0.2, 0.25) is 0 Å². The number of H-pyrrole nitrogens is 1. The summed E-state index contributed by atoms with van der Waals surface area (Å²) in [6.45, 7) is 2.44. The van der Waals surface area contributed by atoms with Gasteiger partial charge in [0.25, 0.3) is 5.91 Å². The maximum Gasteiger partial charge on any atom is 0.271 e. The Morgan fingerprint density at radius 1 is 1.52 bits per heavy atom. The van der Waals surface area contributed by atoms with Crippen LogP contribution in [0.3, 0.4) is 0 Å². The van der Waals surface area contributed by atoms with Gasteiger partial charge in [0.15, 0.2) is 0 Å². The smallest absolute Gasteiger partial charge is 0.271 e. The highest BCUT2D eigenvalue weighted by molar-refractivity contribution is 5.92. The molecule has 21 heavy (non-hydrogen) atoms. The highest BCUT2D eigenvalue weighted by atomic mass is 16.5. The number of ether oxygens (including phenoxy) is 1. The number of nitrogens with zero attached hydrogens (tertiary/aromatic N) is 1. The van der Waals surface area contributed by atoms with E-state index in [1.807, 2.05) is 6.92 Å². The second-order valence-corrected chi connectivity index (χ2v) is 5.59. The van der Waals surface area contributed by atoms with E-state index in [2.05, 4.69) is 15.5 Å². The highest BCUT2D eigenvalue weighted by Crippen LogP contribution is 2.20. The van der Waals surface area contributed by atoms with Crippen molar-refractivity contribution in [2.45, 2.75) is 57.7 Å². The van der Waals surface area contributed by atoms with Gasteiger partial charge in [-0.1, -0.05) is 26.2 Å². The first-order chi connectivity index (χ1) is 10.2. The van der Waals surface area contributed by atoms with Crippen LogP contribution in [-0.4, -0.2) is 46.6 Å². The zero-order valence-electron chi connectivity index (χ0n) is 12.6. The van der Waals surface area contributed by atoms with Gasteiger partial charge in [-0.15, -0.1) is 0 Å². The average Bonchev–Trinajstić information content (AvgIpc) is 3.00. The van der Waals surface area contributed by atoms with Crippen molar-refractivity contribution in [2.24, 2.45) is 0 Å². The maximum atomic E-state index is 11.8. The van der Waals surface area contributed by atoms with Gasteiger partial charge in [-0.05, 0) is 25.3 Å². The number of aliphatic hydroxyl groups is 1. The van der Waals surface area contributed by atoms with Crippen LogP contribution in [0.5, 0.6) is 0 Å². The molecule has 0 spiro atoms. The number of aryl methyl sites for hydroxylation is 1. The third kappa shape index (κ3) is 5.13. The molecular formula is C15H25N3O3. The van der Waals surface area contributed by atoms with E-state index in [0.717, 1.165) is 25.0 Å². The van der Waals surface area contributed by atoms with Crippen LogP contribution in [0.2, 0.25) is 0 Å². The molecule has 0 bridgehead atoms. The second-order valence-electron chi connectivity index (χ2n) is 5.59.